The highest BCUT2D eigenvalue weighted by Crippen LogP contribution is 2.17. The molecular formula is C19H20N4O2. The Hall–Kier alpha value is -3.28. The van der Waals surface area contributed by atoms with Crippen LogP contribution in [0.1, 0.15) is 16.2 Å². The monoisotopic (exact) mass is 336 g/mol. The van der Waals surface area contributed by atoms with Gasteiger partial charge in [-0.1, -0.05) is 0 Å². The molecule has 2 N–H and O–H groups in total. The number of aromatic nitrogens is 2. The molecule has 0 unspecified atom stereocenters. The molecule has 0 radical (unpaired) electrons. The second-order valence-electron chi connectivity index (χ2n) is 5.57. The average Bonchev–Trinajstić information content (AvgIpc) is 3.06. The molecule has 0 aliphatic carbocycles. The molecule has 3 aromatic rings. The molecule has 0 aliphatic heterocycles. The van der Waals surface area contributed by atoms with Crippen LogP contribution in [0.2, 0.25) is 0 Å². The van der Waals surface area contributed by atoms with Crippen molar-refractivity contribution in [3.05, 3.63) is 72.3 Å². The number of hydrogen-bond donors (Lipinski definition) is 2. The molecule has 0 aliphatic rings. The third-order valence-corrected chi connectivity index (χ3v) is 3.87. The Labute approximate surface area is 146 Å². The molecule has 0 fully saturated rings. The maximum atomic E-state index is 12.3. The van der Waals surface area contributed by atoms with Crippen molar-refractivity contribution in [2.75, 3.05) is 17.7 Å². The van der Waals surface area contributed by atoms with Gasteiger partial charge in [-0.2, -0.15) is 0 Å². The van der Waals surface area contributed by atoms with E-state index >= 15 is 0 Å². The Kier molecular flexibility index (Phi) is 4.99. The summed E-state index contributed by atoms with van der Waals surface area (Å²) in [7, 11) is 3.56. The first-order valence-electron chi connectivity index (χ1n) is 7.91. The molecule has 2 aromatic carbocycles. The first kappa shape index (κ1) is 16.6. The number of nitrogens with one attached hydrogen (secondary N) is 2. The minimum Gasteiger partial charge on any atom is -0.497 e. The minimum absolute atomic E-state index is 0.152. The summed E-state index contributed by atoms with van der Waals surface area (Å²) in [5.74, 6) is 1.54. The predicted octanol–water partition coefficient (Wildman–Crippen LogP) is 3.29. The molecule has 128 valence electrons. The van der Waals surface area contributed by atoms with Crippen LogP contribution in [-0.4, -0.2) is 22.6 Å². The van der Waals surface area contributed by atoms with Gasteiger partial charge in [-0.05, 0) is 48.5 Å². The highest BCUT2D eigenvalue weighted by atomic mass is 16.5. The molecule has 1 aromatic heterocycles. The van der Waals surface area contributed by atoms with Crippen molar-refractivity contribution in [1.29, 1.82) is 0 Å². The molecule has 6 nitrogen and oxygen atoms in total. The maximum Gasteiger partial charge on any atom is 0.255 e. The van der Waals surface area contributed by atoms with Gasteiger partial charge >= 0.3 is 0 Å². The van der Waals surface area contributed by atoms with Gasteiger partial charge < -0.3 is 19.9 Å². The lowest BCUT2D eigenvalue weighted by molar-refractivity contribution is 0.102. The van der Waals surface area contributed by atoms with Gasteiger partial charge in [0.2, 0.25) is 0 Å². The fourth-order valence-corrected chi connectivity index (χ4v) is 2.37. The highest BCUT2D eigenvalue weighted by molar-refractivity contribution is 6.04. The lowest BCUT2D eigenvalue weighted by Crippen LogP contribution is -2.12. The van der Waals surface area contributed by atoms with Crippen LogP contribution in [0.3, 0.4) is 0 Å². The SMILES string of the molecule is COc1ccc(NC(=O)c2ccc(NCc3nccn3C)cc2)cc1. The molecule has 0 bridgehead atoms. The number of rotatable bonds is 6. The van der Waals surface area contributed by atoms with E-state index < -0.39 is 0 Å². The van der Waals surface area contributed by atoms with Crippen molar-refractivity contribution >= 4 is 17.3 Å². The first-order chi connectivity index (χ1) is 12.2. The maximum absolute atomic E-state index is 12.3. The van der Waals surface area contributed by atoms with Gasteiger partial charge in [-0.3, -0.25) is 4.79 Å². The van der Waals surface area contributed by atoms with Crippen LogP contribution >= 0.6 is 0 Å². The summed E-state index contributed by atoms with van der Waals surface area (Å²) < 4.78 is 7.07. The van der Waals surface area contributed by atoms with Crippen molar-refractivity contribution in [2.24, 2.45) is 7.05 Å². The van der Waals surface area contributed by atoms with Crippen LogP contribution in [0, 0.1) is 0 Å². The number of benzene rings is 2. The van der Waals surface area contributed by atoms with E-state index in [0.29, 0.717) is 12.1 Å². The summed E-state index contributed by atoms with van der Waals surface area (Å²) in [6, 6.07) is 14.6. The first-order valence-corrected chi connectivity index (χ1v) is 7.91. The summed E-state index contributed by atoms with van der Waals surface area (Å²) in [4.78, 5) is 16.6. The number of amides is 1. The molecule has 1 amide bonds. The van der Waals surface area contributed by atoms with E-state index in [9.17, 15) is 4.79 Å². The second kappa shape index (κ2) is 7.53. The summed E-state index contributed by atoms with van der Waals surface area (Å²) >= 11 is 0. The van der Waals surface area contributed by atoms with E-state index in [4.69, 9.17) is 4.74 Å². The predicted molar refractivity (Wildman–Crippen MR) is 97.9 cm³/mol. The van der Waals surface area contributed by atoms with Gasteiger partial charge in [0.25, 0.3) is 5.91 Å². The van der Waals surface area contributed by atoms with Crippen LogP contribution in [0.25, 0.3) is 0 Å². The number of anilines is 2. The van der Waals surface area contributed by atoms with E-state index in [1.54, 1.807) is 49.7 Å². The molecular weight excluding hydrogens is 316 g/mol. The molecule has 1 heterocycles. The van der Waals surface area contributed by atoms with Crippen LogP contribution in [0.4, 0.5) is 11.4 Å². The van der Waals surface area contributed by atoms with E-state index in [2.05, 4.69) is 15.6 Å². The zero-order chi connectivity index (χ0) is 17.6. The average molecular weight is 336 g/mol. The number of carbonyl (C=O) groups is 1. The van der Waals surface area contributed by atoms with Crippen molar-refractivity contribution in [2.45, 2.75) is 6.54 Å². The van der Waals surface area contributed by atoms with Crippen molar-refractivity contribution < 1.29 is 9.53 Å². The van der Waals surface area contributed by atoms with Crippen LogP contribution in [0.15, 0.2) is 60.9 Å². The molecule has 25 heavy (non-hydrogen) atoms. The molecule has 0 saturated heterocycles. The standard InChI is InChI=1S/C19H20N4O2/c1-23-12-11-20-18(23)13-21-15-5-3-14(4-6-15)19(24)22-16-7-9-17(25-2)10-8-16/h3-12,21H,13H2,1-2H3,(H,22,24). The van der Waals surface area contributed by atoms with Crippen molar-refractivity contribution in [3.63, 3.8) is 0 Å². The van der Waals surface area contributed by atoms with Gasteiger partial charge in [0.1, 0.15) is 11.6 Å². The fraction of sp³-hybridized carbons (Fsp3) is 0.158. The van der Waals surface area contributed by atoms with E-state index in [-0.39, 0.29) is 5.91 Å². The highest BCUT2D eigenvalue weighted by Gasteiger charge is 2.06. The van der Waals surface area contributed by atoms with Gasteiger partial charge in [0.05, 0.1) is 13.7 Å². The normalized spacial score (nSPS) is 10.3. The van der Waals surface area contributed by atoms with Crippen LogP contribution in [-0.2, 0) is 13.6 Å². The van der Waals surface area contributed by atoms with E-state index in [0.717, 1.165) is 22.9 Å². The fourth-order valence-electron chi connectivity index (χ4n) is 2.37. The summed E-state index contributed by atoms with van der Waals surface area (Å²) in [6.45, 7) is 0.626. The topological polar surface area (TPSA) is 68.2 Å². The van der Waals surface area contributed by atoms with Gasteiger partial charge in [-0.25, -0.2) is 4.98 Å². The van der Waals surface area contributed by atoms with Gasteiger partial charge in [-0.15, -0.1) is 0 Å². The Morgan fingerprint density at radius 1 is 1.08 bits per heavy atom. The van der Waals surface area contributed by atoms with E-state index in [1.165, 1.54) is 0 Å². The third-order valence-electron chi connectivity index (χ3n) is 3.87. The number of hydrogen-bond acceptors (Lipinski definition) is 4. The number of nitrogens with zero attached hydrogens (tertiary/aromatic N) is 2. The zero-order valence-corrected chi connectivity index (χ0v) is 14.2. The van der Waals surface area contributed by atoms with Gasteiger partial charge in [0, 0.05) is 36.4 Å². The smallest absolute Gasteiger partial charge is 0.255 e. The summed E-state index contributed by atoms with van der Waals surface area (Å²) in [5, 5.41) is 6.15. The Balaban J connectivity index is 1.59. The largest absolute Gasteiger partial charge is 0.497 e. The third kappa shape index (κ3) is 4.17. The van der Waals surface area contributed by atoms with Gasteiger partial charge in [0.15, 0.2) is 0 Å². The summed E-state index contributed by atoms with van der Waals surface area (Å²) in [6.07, 6.45) is 3.67. The number of aryl methyl sites for hydroxylation is 1. The second-order valence-corrected chi connectivity index (χ2v) is 5.57. The van der Waals surface area contributed by atoms with Crippen molar-refractivity contribution in [1.82, 2.24) is 9.55 Å². The minimum atomic E-state index is -0.152. The summed E-state index contributed by atoms with van der Waals surface area (Å²) in [5.41, 5.74) is 2.25. The quantitative estimate of drug-likeness (QED) is 0.725. The molecule has 6 heteroatoms. The Morgan fingerprint density at radius 2 is 1.76 bits per heavy atom. The zero-order valence-electron chi connectivity index (χ0n) is 14.2. The Bertz CT molecular complexity index is 839. The molecule has 0 saturated carbocycles. The number of carbonyl (C=O) groups excluding carboxylic acids is 1. The molecule has 0 spiro atoms. The van der Waals surface area contributed by atoms with E-state index in [1.807, 2.05) is 29.9 Å². The van der Waals surface area contributed by atoms with Crippen molar-refractivity contribution in [3.8, 4) is 5.75 Å². The number of ether oxygens (including phenoxy) is 1. The molecule has 3 rings (SSSR count). The van der Waals surface area contributed by atoms with Crippen LogP contribution in [0.5, 0.6) is 5.75 Å². The number of methoxy groups -OCH3 is 1. The van der Waals surface area contributed by atoms with Crippen LogP contribution < -0.4 is 15.4 Å². The Morgan fingerprint density at radius 3 is 2.36 bits per heavy atom. The number of imidazole rings is 1. The lowest BCUT2D eigenvalue weighted by atomic mass is 10.2. The molecule has 0 atom stereocenters. The lowest BCUT2D eigenvalue weighted by Gasteiger charge is -2.09.